The molecule has 0 bridgehead atoms. The predicted molar refractivity (Wildman–Crippen MR) is 244 cm³/mol. The van der Waals surface area contributed by atoms with Gasteiger partial charge in [-0.15, -0.1) is 0 Å². The molecule has 2 aliphatic heterocycles. The molecule has 2 saturated heterocycles. The number of nitrogens with zero attached hydrogens (tertiary/aromatic N) is 10. The Kier molecular flexibility index (Phi) is 14.9. The van der Waals surface area contributed by atoms with Crippen LogP contribution in [-0.4, -0.2) is 159 Å². The van der Waals surface area contributed by atoms with Crippen LogP contribution >= 0.6 is 0 Å². The molecule has 2 aliphatic rings. The quantitative estimate of drug-likeness (QED) is 0.0465. The van der Waals surface area contributed by atoms with Gasteiger partial charge in [0.25, 0.3) is 10.1 Å². The van der Waals surface area contributed by atoms with Gasteiger partial charge in [0.15, 0.2) is 0 Å². The molecule has 0 spiro atoms. The van der Waals surface area contributed by atoms with Gasteiger partial charge in [-0.3, -0.25) is 14.4 Å². The first-order chi connectivity index (χ1) is 30.4. The lowest BCUT2D eigenvalue weighted by molar-refractivity contribution is 0.188. The molecule has 3 aromatic carbocycles. The Morgan fingerprint density at radius 3 is 1.62 bits per heavy atom. The highest BCUT2D eigenvalue weighted by atomic mass is 32.2. The summed E-state index contributed by atoms with van der Waals surface area (Å²) in [6, 6.07) is 19.7. The van der Waals surface area contributed by atoms with E-state index in [1.807, 2.05) is 60.4 Å². The fourth-order valence-corrected chi connectivity index (χ4v) is 7.84. The third-order valence-corrected chi connectivity index (χ3v) is 11.4. The van der Waals surface area contributed by atoms with E-state index in [1.165, 1.54) is 6.07 Å². The summed E-state index contributed by atoms with van der Waals surface area (Å²) in [6.07, 6.45) is 2.78. The second kappa shape index (κ2) is 20.9. The van der Waals surface area contributed by atoms with Crippen LogP contribution in [0.1, 0.15) is 23.6 Å². The molecule has 0 aliphatic carbocycles. The van der Waals surface area contributed by atoms with E-state index in [1.54, 1.807) is 31.2 Å². The molecule has 7 rings (SSSR count). The van der Waals surface area contributed by atoms with E-state index < -0.39 is 16.2 Å². The van der Waals surface area contributed by atoms with Crippen molar-refractivity contribution >= 4 is 75.0 Å². The van der Waals surface area contributed by atoms with Gasteiger partial charge >= 0.3 is 0 Å². The third kappa shape index (κ3) is 12.5. The maximum absolute atomic E-state index is 12.8. The highest BCUT2D eigenvalue weighted by Gasteiger charge is 2.23. The Bertz CT molecular complexity index is 2450. The summed E-state index contributed by atoms with van der Waals surface area (Å²) < 4.78 is 35.9. The van der Waals surface area contributed by atoms with Crippen LogP contribution in [0.25, 0.3) is 12.2 Å². The number of anilines is 9. The monoisotopic (exact) mass is 882 g/mol. The van der Waals surface area contributed by atoms with Crippen molar-refractivity contribution < 1.29 is 28.3 Å². The SMILES string of the molecule is Cc1cc(Nc2nc(NCC(C)O)nc(N3CCN(CCO)CC3)n2)ccc1/C=C/c1ccc(Nc2nc(Nc3ccccc3)nc(N3CCN(CCO)CC3)n2)cc1S(=O)(=O)O. The van der Waals surface area contributed by atoms with Gasteiger partial charge in [0, 0.05) is 89.1 Å². The molecule has 0 amide bonds. The van der Waals surface area contributed by atoms with Crippen molar-refractivity contribution in [3.63, 3.8) is 0 Å². The van der Waals surface area contributed by atoms with E-state index in [-0.39, 0.29) is 42.1 Å². The molecule has 2 fully saturated rings. The van der Waals surface area contributed by atoms with Gasteiger partial charge in [-0.25, -0.2) is 0 Å². The zero-order valence-corrected chi connectivity index (χ0v) is 36.1. The average Bonchev–Trinajstić information content (AvgIpc) is 3.26. The molecule has 63 heavy (non-hydrogen) atoms. The lowest BCUT2D eigenvalue weighted by Crippen LogP contribution is -2.47. The Morgan fingerprint density at radius 2 is 1.11 bits per heavy atom. The van der Waals surface area contributed by atoms with Gasteiger partial charge in [-0.05, 0) is 66.9 Å². The van der Waals surface area contributed by atoms with Crippen molar-refractivity contribution in [1.29, 1.82) is 0 Å². The molecule has 20 nitrogen and oxygen atoms in total. The maximum Gasteiger partial charge on any atom is 0.295 e. The molecule has 1 unspecified atom stereocenters. The number of piperazine rings is 2. The minimum absolute atomic E-state index is 0.0838. The highest BCUT2D eigenvalue weighted by Crippen LogP contribution is 2.28. The van der Waals surface area contributed by atoms with Gasteiger partial charge in [-0.2, -0.15) is 38.3 Å². The zero-order chi connectivity index (χ0) is 44.3. The summed E-state index contributed by atoms with van der Waals surface area (Å²) in [5, 5.41) is 41.3. The summed E-state index contributed by atoms with van der Waals surface area (Å²) in [5.41, 5.74) is 3.74. The van der Waals surface area contributed by atoms with Crippen molar-refractivity contribution in [2.45, 2.75) is 24.8 Å². The number of para-hydroxylation sites is 1. The summed E-state index contributed by atoms with van der Waals surface area (Å²) in [7, 11) is -4.67. The van der Waals surface area contributed by atoms with E-state index in [2.05, 4.69) is 60.9 Å². The standard InChI is InChI=1S/C42H54N14O6S/c1-29-26-34(45-39-47-37(43-28-30(2)59)49-41(51-39)55-18-14-53(15-19-55)22-24-57)12-10-31(29)8-9-32-11-13-35(27-36(32)63(60,61)62)46-40-48-38(44-33-6-4-3-5-7-33)50-42(52-40)56-20-16-54(17-21-56)23-25-58/h3-13,26-27,30,57-59H,14-25,28H2,1-2H3,(H,60,61,62)(H2,43,45,47,49,51)(H2,44,46,48,50,52)/b9-8+. The lowest BCUT2D eigenvalue weighted by atomic mass is 10.1. The molecule has 0 radical (unpaired) electrons. The van der Waals surface area contributed by atoms with Crippen LogP contribution in [0.15, 0.2) is 71.6 Å². The normalized spacial score (nSPS) is 15.7. The average molecular weight is 883 g/mol. The Hall–Kier alpha value is -6.07. The van der Waals surface area contributed by atoms with Crippen LogP contribution in [0.4, 0.5) is 52.8 Å². The number of aryl methyl sites for hydroxylation is 1. The number of nitrogens with one attached hydrogen (secondary N) is 4. The largest absolute Gasteiger partial charge is 0.395 e. The topological polar surface area (TPSA) is 253 Å². The molecular weight excluding hydrogens is 829 g/mol. The first-order valence-corrected chi connectivity index (χ1v) is 22.2. The molecule has 5 aromatic rings. The maximum atomic E-state index is 12.8. The summed E-state index contributed by atoms with van der Waals surface area (Å²) in [6.45, 7) is 10.8. The third-order valence-electron chi connectivity index (χ3n) is 10.5. The van der Waals surface area contributed by atoms with Crippen LogP contribution in [0.2, 0.25) is 0 Å². The number of hydrogen-bond donors (Lipinski definition) is 8. The smallest absolute Gasteiger partial charge is 0.295 e. The first-order valence-electron chi connectivity index (χ1n) is 20.8. The highest BCUT2D eigenvalue weighted by molar-refractivity contribution is 7.86. The van der Waals surface area contributed by atoms with E-state index in [0.29, 0.717) is 74.4 Å². The van der Waals surface area contributed by atoms with Gasteiger partial charge in [-0.1, -0.05) is 42.5 Å². The van der Waals surface area contributed by atoms with Gasteiger partial charge in [0.05, 0.1) is 19.3 Å². The van der Waals surface area contributed by atoms with Crippen molar-refractivity contribution in [2.24, 2.45) is 0 Å². The summed E-state index contributed by atoms with van der Waals surface area (Å²) in [5.74, 6) is 2.01. The second-order valence-corrected chi connectivity index (χ2v) is 16.7. The number of benzene rings is 3. The number of β-amino-alcohol motifs (C(OH)–C–C–N with tert-alkyl or cyclic N) is 2. The molecular formula is C42H54N14O6S. The number of rotatable bonds is 18. The van der Waals surface area contributed by atoms with Crippen LogP contribution < -0.4 is 31.1 Å². The Labute approximate surface area is 366 Å². The lowest BCUT2D eigenvalue weighted by Gasteiger charge is -2.34. The molecule has 0 saturated carbocycles. The zero-order valence-electron chi connectivity index (χ0n) is 35.3. The molecule has 8 N–H and O–H groups in total. The number of aromatic nitrogens is 6. The molecule has 334 valence electrons. The van der Waals surface area contributed by atoms with Crippen molar-refractivity contribution in [3.05, 3.63) is 83.4 Å². The van der Waals surface area contributed by atoms with E-state index in [4.69, 9.17) is 4.98 Å². The number of aliphatic hydroxyl groups is 3. The van der Waals surface area contributed by atoms with Crippen LogP contribution in [0.5, 0.6) is 0 Å². The number of hydrogen-bond acceptors (Lipinski definition) is 19. The van der Waals surface area contributed by atoms with E-state index in [0.717, 1.165) is 43.0 Å². The first kappa shape index (κ1) is 45.0. The van der Waals surface area contributed by atoms with Crippen molar-refractivity contribution in [3.8, 4) is 0 Å². The summed E-state index contributed by atoms with van der Waals surface area (Å²) >= 11 is 0. The number of aliphatic hydroxyl groups excluding tert-OH is 3. The molecule has 2 aromatic heterocycles. The fraction of sp³-hybridized carbons (Fsp3) is 0.381. The fourth-order valence-electron chi connectivity index (χ4n) is 7.13. The Balaban J connectivity index is 1.08. The van der Waals surface area contributed by atoms with E-state index >= 15 is 0 Å². The minimum Gasteiger partial charge on any atom is -0.395 e. The van der Waals surface area contributed by atoms with E-state index in [9.17, 15) is 28.3 Å². The molecule has 21 heteroatoms. The second-order valence-electron chi connectivity index (χ2n) is 15.3. The van der Waals surface area contributed by atoms with Gasteiger partial charge in [0.2, 0.25) is 35.7 Å². The Morgan fingerprint density at radius 1 is 0.635 bits per heavy atom. The van der Waals surface area contributed by atoms with Crippen LogP contribution in [-0.2, 0) is 10.1 Å². The molecule has 4 heterocycles. The minimum atomic E-state index is -4.67. The van der Waals surface area contributed by atoms with Crippen LogP contribution in [0.3, 0.4) is 0 Å². The van der Waals surface area contributed by atoms with Crippen molar-refractivity contribution in [2.75, 3.05) is 116 Å². The predicted octanol–water partition coefficient (Wildman–Crippen LogP) is 3.03. The van der Waals surface area contributed by atoms with Gasteiger partial charge in [0.1, 0.15) is 4.90 Å². The summed E-state index contributed by atoms with van der Waals surface area (Å²) in [4.78, 5) is 35.9. The van der Waals surface area contributed by atoms with Crippen molar-refractivity contribution in [1.82, 2.24) is 39.7 Å². The van der Waals surface area contributed by atoms with Crippen LogP contribution in [0, 0.1) is 6.92 Å². The van der Waals surface area contributed by atoms with Gasteiger partial charge < -0.3 is 46.4 Å². The molecule has 1 atom stereocenters.